The Bertz CT molecular complexity index is 609. The molecule has 104 valence electrons. The first-order valence-corrected chi connectivity index (χ1v) is 6.72. The molecule has 0 saturated carbocycles. The standard InChI is InChI=1S/C17H18FNO/c1-3-4-12-5-7-13(8-6-12)17(20)14-9-15(18)11(2)16(19)10-14/h5-10H,3-4,19H2,1-2H3. The average Bonchev–Trinajstić information content (AvgIpc) is 2.44. The molecule has 0 heterocycles. The lowest BCUT2D eigenvalue weighted by Crippen LogP contribution is -2.05. The maximum atomic E-state index is 13.6. The highest BCUT2D eigenvalue weighted by Gasteiger charge is 2.13. The van der Waals surface area contributed by atoms with Crippen LogP contribution >= 0.6 is 0 Å². The van der Waals surface area contributed by atoms with E-state index in [1.165, 1.54) is 17.7 Å². The van der Waals surface area contributed by atoms with E-state index in [9.17, 15) is 9.18 Å². The zero-order valence-electron chi connectivity index (χ0n) is 11.7. The SMILES string of the molecule is CCCc1ccc(C(=O)c2cc(N)c(C)c(F)c2)cc1. The summed E-state index contributed by atoms with van der Waals surface area (Å²) in [5, 5.41) is 0. The van der Waals surface area contributed by atoms with Crippen molar-refractivity contribution in [2.24, 2.45) is 0 Å². The van der Waals surface area contributed by atoms with E-state index < -0.39 is 5.82 Å². The lowest BCUT2D eigenvalue weighted by molar-refractivity contribution is 0.103. The second-order valence-corrected chi connectivity index (χ2v) is 4.95. The van der Waals surface area contributed by atoms with E-state index in [1.807, 2.05) is 12.1 Å². The summed E-state index contributed by atoms with van der Waals surface area (Å²) in [7, 11) is 0. The summed E-state index contributed by atoms with van der Waals surface area (Å²) in [6.45, 7) is 3.70. The number of carbonyl (C=O) groups is 1. The molecule has 0 amide bonds. The number of hydrogen-bond acceptors (Lipinski definition) is 2. The first-order valence-electron chi connectivity index (χ1n) is 6.72. The smallest absolute Gasteiger partial charge is 0.193 e. The van der Waals surface area contributed by atoms with Crippen LogP contribution in [0.2, 0.25) is 0 Å². The van der Waals surface area contributed by atoms with Crippen LogP contribution in [0.3, 0.4) is 0 Å². The van der Waals surface area contributed by atoms with Crippen LogP contribution in [0.4, 0.5) is 10.1 Å². The minimum atomic E-state index is -0.448. The van der Waals surface area contributed by atoms with Crippen molar-refractivity contribution in [2.75, 3.05) is 5.73 Å². The molecule has 0 bridgehead atoms. The van der Waals surface area contributed by atoms with Crippen molar-refractivity contribution in [3.63, 3.8) is 0 Å². The average molecular weight is 271 g/mol. The van der Waals surface area contributed by atoms with Gasteiger partial charge in [-0.05, 0) is 31.0 Å². The van der Waals surface area contributed by atoms with E-state index >= 15 is 0 Å². The van der Waals surface area contributed by atoms with Gasteiger partial charge in [-0.25, -0.2) is 4.39 Å². The van der Waals surface area contributed by atoms with E-state index in [2.05, 4.69) is 6.92 Å². The number of aryl methyl sites for hydroxylation is 1. The summed E-state index contributed by atoms with van der Waals surface area (Å²) >= 11 is 0. The van der Waals surface area contributed by atoms with Crippen LogP contribution in [-0.2, 0) is 6.42 Å². The summed E-state index contributed by atoms with van der Waals surface area (Å²) in [4.78, 5) is 12.3. The molecule has 0 spiro atoms. The van der Waals surface area contributed by atoms with Gasteiger partial charge in [-0.1, -0.05) is 37.6 Å². The summed E-state index contributed by atoms with van der Waals surface area (Å²) in [6, 6.07) is 10.2. The maximum absolute atomic E-state index is 13.6. The molecule has 0 aliphatic rings. The van der Waals surface area contributed by atoms with Gasteiger partial charge < -0.3 is 5.73 Å². The molecule has 0 unspecified atom stereocenters. The van der Waals surface area contributed by atoms with Gasteiger partial charge in [-0.2, -0.15) is 0 Å². The summed E-state index contributed by atoms with van der Waals surface area (Å²) in [6.07, 6.45) is 2.05. The molecule has 20 heavy (non-hydrogen) atoms. The number of nitrogens with two attached hydrogens (primary N) is 1. The van der Waals surface area contributed by atoms with Crippen LogP contribution in [0.1, 0.15) is 40.4 Å². The van der Waals surface area contributed by atoms with Crippen molar-refractivity contribution in [1.82, 2.24) is 0 Å². The molecule has 2 rings (SSSR count). The molecular weight excluding hydrogens is 253 g/mol. The van der Waals surface area contributed by atoms with E-state index in [-0.39, 0.29) is 11.3 Å². The third-order valence-corrected chi connectivity index (χ3v) is 3.40. The Morgan fingerprint density at radius 2 is 1.80 bits per heavy atom. The Labute approximate surface area is 118 Å². The first-order chi connectivity index (χ1) is 9.52. The number of ketones is 1. The van der Waals surface area contributed by atoms with Gasteiger partial charge in [-0.15, -0.1) is 0 Å². The molecule has 0 aliphatic carbocycles. The zero-order chi connectivity index (χ0) is 14.7. The number of carbonyl (C=O) groups excluding carboxylic acids is 1. The van der Waals surface area contributed by atoms with E-state index in [0.717, 1.165) is 12.8 Å². The second-order valence-electron chi connectivity index (χ2n) is 4.95. The Hall–Kier alpha value is -2.16. The van der Waals surface area contributed by atoms with Crippen molar-refractivity contribution < 1.29 is 9.18 Å². The van der Waals surface area contributed by atoms with Gasteiger partial charge in [0, 0.05) is 22.4 Å². The fourth-order valence-corrected chi connectivity index (χ4v) is 2.11. The van der Waals surface area contributed by atoms with Crippen LogP contribution in [0.15, 0.2) is 36.4 Å². The number of benzene rings is 2. The summed E-state index contributed by atoms with van der Waals surface area (Å²) < 4.78 is 13.6. The predicted molar refractivity (Wildman–Crippen MR) is 79.4 cm³/mol. The van der Waals surface area contributed by atoms with Gasteiger partial charge in [0.15, 0.2) is 5.78 Å². The number of halogens is 1. The summed E-state index contributed by atoms with van der Waals surface area (Å²) in [5.41, 5.74) is 8.41. The molecule has 0 radical (unpaired) electrons. The molecule has 2 N–H and O–H groups in total. The molecule has 2 nitrogen and oxygen atoms in total. The van der Waals surface area contributed by atoms with Gasteiger partial charge in [0.1, 0.15) is 5.82 Å². The second kappa shape index (κ2) is 5.87. The summed E-state index contributed by atoms with van der Waals surface area (Å²) in [5.74, 6) is -0.658. The predicted octanol–water partition coefficient (Wildman–Crippen LogP) is 3.90. The highest BCUT2D eigenvalue weighted by molar-refractivity contribution is 6.09. The monoisotopic (exact) mass is 271 g/mol. The lowest BCUT2D eigenvalue weighted by atomic mass is 9.99. The number of rotatable bonds is 4. The van der Waals surface area contributed by atoms with Crippen molar-refractivity contribution in [2.45, 2.75) is 26.7 Å². The molecule has 0 aliphatic heterocycles. The minimum Gasteiger partial charge on any atom is -0.398 e. The Morgan fingerprint density at radius 1 is 1.15 bits per heavy atom. The number of hydrogen-bond donors (Lipinski definition) is 1. The largest absolute Gasteiger partial charge is 0.398 e. The third kappa shape index (κ3) is 2.87. The van der Waals surface area contributed by atoms with Crippen LogP contribution in [0.25, 0.3) is 0 Å². The van der Waals surface area contributed by atoms with Gasteiger partial charge in [0.25, 0.3) is 0 Å². The van der Waals surface area contributed by atoms with Gasteiger partial charge in [0.2, 0.25) is 0 Å². The van der Waals surface area contributed by atoms with E-state index in [4.69, 9.17) is 5.73 Å². The Balaban J connectivity index is 2.31. The van der Waals surface area contributed by atoms with Crippen LogP contribution in [0, 0.1) is 12.7 Å². The van der Waals surface area contributed by atoms with E-state index in [1.54, 1.807) is 19.1 Å². The highest BCUT2D eigenvalue weighted by atomic mass is 19.1. The molecule has 0 fully saturated rings. The molecule has 3 heteroatoms. The molecule has 2 aromatic rings. The van der Waals surface area contributed by atoms with E-state index in [0.29, 0.717) is 16.8 Å². The first kappa shape index (κ1) is 14.3. The topological polar surface area (TPSA) is 43.1 Å². The fraction of sp³-hybridized carbons (Fsp3) is 0.235. The third-order valence-electron chi connectivity index (χ3n) is 3.40. The quantitative estimate of drug-likeness (QED) is 0.677. The van der Waals surface area contributed by atoms with Crippen molar-refractivity contribution >= 4 is 11.5 Å². The lowest BCUT2D eigenvalue weighted by Gasteiger charge is -2.07. The van der Waals surface area contributed by atoms with Crippen molar-refractivity contribution in [3.05, 3.63) is 64.5 Å². The van der Waals surface area contributed by atoms with Crippen LogP contribution in [-0.4, -0.2) is 5.78 Å². The molecule has 0 atom stereocenters. The van der Waals surface area contributed by atoms with Gasteiger partial charge in [-0.3, -0.25) is 4.79 Å². The minimum absolute atomic E-state index is 0.210. The van der Waals surface area contributed by atoms with Crippen LogP contribution in [0.5, 0.6) is 0 Å². The normalized spacial score (nSPS) is 10.6. The fourth-order valence-electron chi connectivity index (χ4n) is 2.11. The molecule has 0 aromatic heterocycles. The molecular formula is C17H18FNO. The molecule has 2 aromatic carbocycles. The molecule has 0 saturated heterocycles. The van der Waals surface area contributed by atoms with Crippen LogP contribution < -0.4 is 5.73 Å². The van der Waals surface area contributed by atoms with Crippen molar-refractivity contribution in [3.8, 4) is 0 Å². The Morgan fingerprint density at radius 3 is 2.35 bits per heavy atom. The van der Waals surface area contributed by atoms with Gasteiger partial charge >= 0.3 is 0 Å². The highest BCUT2D eigenvalue weighted by Crippen LogP contribution is 2.20. The van der Waals surface area contributed by atoms with Crippen molar-refractivity contribution in [1.29, 1.82) is 0 Å². The number of anilines is 1. The maximum Gasteiger partial charge on any atom is 0.193 e. The van der Waals surface area contributed by atoms with Gasteiger partial charge in [0.05, 0.1) is 0 Å². The zero-order valence-corrected chi connectivity index (χ0v) is 11.7. The Kier molecular flexibility index (Phi) is 4.18. The number of nitrogen functional groups attached to an aromatic ring is 1.